The third-order valence-electron chi connectivity index (χ3n) is 4.83. The molecule has 7 nitrogen and oxygen atoms in total. The minimum absolute atomic E-state index is 0.00554. The van der Waals surface area contributed by atoms with E-state index in [4.69, 9.17) is 4.74 Å². The quantitative estimate of drug-likeness (QED) is 0.876. The Hall–Kier alpha value is -2.67. The molecule has 2 heterocycles. The van der Waals surface area contributed by atoms with Crippen LogP contribution in [0.25, 0.3) is 0 Å². The molecule has 2 aromatic rings. The molecule has 0 spiro atoms. The maximum absolute atomic E-state index is 12.9. The molecule has 1 aliphatic carbocycles. The topological polar surface area (TPSA) is 93.4 Å². The number of carbonyl (C=O) groups is 1. The van der Waals surface area contributed by atoms with Crippen LogP contribution in [-0.2, 0) is 0 Å². The SMILES string of the molecule is COc1ncccc1NC(=O)c1c(C)ccn(C2CCC(O)CC2)c1=O. The molecule has 3 rings (SSSR count). The predicted octanol–water partition coefficient (Wildman–Crippen LogP) is 2.29. The first kappa shape index (κ1) is 18.1. The summed E-state index contributed by atoms with van der Waals surface area (Å²) in [5.74, 6) is -0.194. The van der Waals surface area contributed by atoms with E-state index in [-0.39, 0.29) is 29.1 Å². The lowest BCUT2D eigenvalue weighted by Gasteiger charge is -2.27. The van der Waals surface area contributed by atoms with Crippen LogP contribution < -0.4 is 15.6 Å². The standard InChI is InChI=1S/C19H23N3O4/c1-12-9-11-22(13-5-7-14(23)8-6-13)19(25)16(12)17(24)21-15-4-3-10-20-18(15)26-2/h3-4,9-11,13-14,23H,5-8H2,1-2H3,(H,21,24). The largest absolute Gasteiger partial charge is 0.480 e. The number of nitrogens with zero attached hydrogens (tertiary/aromatic N) is 2. The summed E-state index contributed by atoms with van der Waals surface area (Å²) < 4.78 is 6.76. The number of hydrogen-bond acceptors (Lipinski definition) is 5. The molecule has 26 heavy (non-hydrogen) atoms. The van der Waals surface area contributed by atoms with E-state index in [2.05, 4.69) is 10.3 Å². The molecule has 2 N–H and O–H groups in total. The number of nitrogens with one attached hydrogen (secondary N) is 1. The molecule has 0 radical (unpaired) electrons. The van der Waals surface area contributed by atoms with Gasteiger partial charge >= 0.3 is 0 Å². The van der Waals surface area contributed by atoms with Gasteiger partial charge in [0, 0.05) is 18.4 Å². The Morgan fingerprint density at radius 3 is 2.73 bits per heavy atom. The van der Waals surface area contributed by atoms with E-state index in [1.807, 2.05) is 0 Å². The van der Waals surface area contributed by atoms with Crippen molar-refractivity contribution in [2.75, 3.05) is 12.4 Å². The molecule has 0 aromatic carbocycles. The smallest absolute Gasteiger partial charge is 0.263 e. The summed E-state index contributed by atoms with van der Waals surface area (Å²) >= 11 is 0. The highest BCUT2D eigenvalue weighted by atomic mass is 16.5. The second kappa shape index (κ2) is 7.70. The number of anilines is 1. The van der Waals surface area contributed by atoms with E-state index >= 15 is 0 Å². The Kier molecular flexibility index (Phi) is 5.37. The lowest BCUT2D eigenvalue weighted by atomic mass is 9.92. The van der Waals surface area contributed by atoms with Crippen molar-refractivity contribution < 1.29 is 14.6 Å². The zero-order valence-corrected chi connectivity index (χ0v) is 14.9. The molecule has 1 amide bonds. The number of carbonyl (C=O) groups excluding carboxylic acids is 1. The highest BCUT2D eigenvalue weighted by Gasteiger charge is 2.24. The number of ether oxygens (including phenoxy) is 1. The lowest BCUT2D eigenvalue weighted by molar-refractivity contribution is 0.101. The summed E-state index contributed by atoms with van der Waals surface area (Å²) in [5.41, 5.74) is 0.828. The van der Waals surface area contributed by atoms with E-state index in [1.165, 1.54) is 7.11 Å². The Bertz CT molecular complexity index is 854. The van der Waals surface area contributed by atoms with Crippen LogP contribution in [0.2, 0.25) is 0 Å². The molecular weight excluding hydrogens is 334 g/mol. The monoisotopic (exact) mass is 357 g/mol. The molecule has 0 bridgehead atoms. The fourth-order valence-corrected chi connectivity index (χ4v) is 3.37. The van der Waals surface area contributed by atoms with Crippen molar-refractivity contribution in [2.45, 2.75) is 44.8 Å². The van der Waals surface area contributed by atoms with Gasteiger partial charge in [-0.15, -0.1) is 0 Å². The molecule has 138 valence electrons. The molecule has 7 heteroatoms. The lowest BCUT2D eigenvalue weighted by Crippen LogP contribution is -2.34. The van der Waals surface area contributed by atoms with Crippen molar-refractivity contribution in [3.8, 4) is 5.88 Å². The van der Waals surface area contributed by atoms with Gasteiger partial charge in [0.15, 0.2) is 0 Å². The maximum atomic E-state index is 12.9. The molecule has 0 saturated heterocycles. The molecule has 0 aliphatic heterocycles. The number of aliphatic hydroxyl groups is 1. The molecule has 1 aliphatic rings. The Labute approximate surface area is 151 Å². The van der Waals surface area contributed by atoms with Crippen molar-refractivity contribution in [1.29, 1.82) is 0 Å². The maximum Gasteiger partial charge on any atom is 0.263 e. The second-order valence-electron chi connectivity index (χ2n) is 6.56. The molecule has 0 unspecified atom stereocenters. The van der Waals surface area contributed by atoms with Crippen molar-refractivity contribution in [2.24, 2.45) is 0 Å². The highest BCUT2D eigenvalue weighted by Crippen LogP contribution is 2.27. The summed E-state index contributed by atoms with van der Waals surface area (Å²) in [6.07, 6.45) is 5.78. The van der Waals surface area contributed by atoms with E-state index in [0.29, 0.717) is 24.1 Å². The average molecular weight is 357 g/mol. The molecule has 0 atom stereocenters. The number of rotatable bonds is 4. The van der Waals surface area contributed by atoms with E-state index in [9.17, 15) is 14.7 Å². The van der Waals surface area contributed by atoms with Gasteiger partial charge in [-0.05, 0) is 56.4 Å². The third-order valence-corrected chi connectivity index (χ3v) is 4.83. The number of amides is 1. The van der Waals surface area contributed by atoms with Gasteiger partial charge in [-0.1, -0.05) is 0 Å². The van der Waals surface area contributed by atoms with Gasteiger partial charge in [-0.2, -0.15) is 0 Å². The van der Waals surface area contributed by atoms with Gasteiger partial charge in [-0.3, -0.25) is 9.59 Å². The van der Waals surface area contributed by atoms with E-state index in [0.717, 1.165) is 12.8 Å². The van der Waals surface area contributed by atoms with Gasteiger partial charge in [0.2, 0.25) is 5.88 Å². The van der Waals surface area contributed by atoms with Crippen LogP contribution in [0.3, 0.4) is 0 Å². The molecular formula is C19H23N3O4. The summed E-state index contributed by atoms with van der Waals surface area (Å²) in [5, 5.41) is 12.4. The van der Waals surface area contributed by atoms with E-state index in [1.54, 1.807) is 42.1 Å². The minimum Gasteiger partial charge on any atom is -0.480 e. The van der Waals surface area contributed by atoms with E-state index < -0.39 is 5.91 Å². The Morgan fingerprint density at radius 1 is 1.31 bits per heavy atom. The molecule has 1 saturated carbocycles. The fourth-order valence-electron chi connectivity index (χ4n) is 3.37. The van der Waals surface area contributed by atoms with Gasteiger partial charge in [-0.25, -0.2) is 4.98 Å². The second-order valence-corrected chi connectivity index (χ2v) is 6.56. The van der Waals surface area contributed by atoms with Crippen LogP contribution in [0.5, 0.6) is 5.88 Å². The highest BCUT2D eigenvalue weighted by molar-refractivity contribution is 6.05. The normalized spacial score (nSPS) is 19.8. The Balaban J connectivity index is 1.90. The number of hydrogen-bond donors (Lipinski definition) is 2. The summed E-state index contributed by atoms with van der Waals surface area (Å²) in [7, 11) is 1.47. The number of pyridine rings is 2. The number of aryl methyl sites for hydroxylation is 1. The van der Waals surface area contributed by atoms with Gasteiger partial charge in [0.1, 0.15) is 11.3 Å². The predicted molar refractivity (Wildman–Crippen MR) is 97.7 cm³/mol. The first-order chi connectivity index (χ1) is 12.5. The number of aromatic nitrogens is 2. The van der Waals surface area contributed by atoms with Crippen molar-refractivity contribution in [1.82, 2.24) is 9.55 Å². The van der Waals surface area contributed by atoms with Gasteiger partial charge < -0.3 is 19.7 Å². The van der Waals surface area contributed by atoms with Gasteiger partial charge in [0.25, 0.3) is 11.5 Å². The minimum atomic E-state index is -0.482. The average Bonchev–Trinajstić information content (AvgIpc) is 2.63. The van der Waals surface area contributed by atoms with Crippen LogP contribution in [0.15, 0.2) is 35.4 Å². The van der Waals surface area contributed by atoms with Crippen LogP contribution >= 0.6 is 0 Å². The first-order valence-electron chi connectivity index (χ1n) is 8.71. The van der Waals surface area contributed by atoms with Crippen LogP contribution in [0.1, 0.15) is 47.6 Å². The van der Waals surface area contributed by atoms with Crippen LogP contribution in [0, 0.1) is 6.92 Å². The number of methoxy groups -OCH3 is 1. The summed E-state index contributed by atoms with van der Waals surface area (Å²) in [6.45, 7) is 1.74. The zero-order chi connectivity index (χ0) is 18.7. The molecule has 2 aromatic heterocycles. The van der Waals surface area contributed by atoms with Crippen molar-refractivity contribution >= 4 is 11.6 Å². The third kappa shape index (κ3) is 3.62. The van der Waals surface area contributed by atoms with Crippen molar-refractivity contribution in [3.05, 3.63) is 52.1 Å². The fraction of sp³-hybridized carbons (Fsp3) is 0.421. The van der Waals surface area contributed by atoms with Crippen molar-refractivity contribution in [3.63, 3.8) is 0 Å². The Morgan fingerprint density at radius 2 is 2.04 bits per heavy atom. The number of aliphatic hydroxyl groups excluding tert-OH is 1. The van der Waals surface area contributed by atoms with Gasteiger partial charge in [0.05, 0.1) is 13.2 Å². The zero-order valence-electron chi connectivity index (χ0n) is 14.9. The molecule has 1 fully saturated rings. The van der Waals surface area contributed by atoms with Crippen LogP contribution in [0.4, 0.5) is 5.69 Å². The first-order valence-corrected chi connectivity index (χ1v) is 8.71. The summed E-state index contributed by atoms with van der Waals surface area (Å²) in [6, 6.07) is 5.14. The van der Waals surface area contributed by atoms with Crippen LogP contribution in [-0.4, -0.2) is 33.8 Å². The summed E-state index contributed by atoms with van der Waals surface area (Å²) in [4.78, 5) is 29.8.